The van der Waals surface area contributed by atoms with Gasteiger partial charge in [0.15, 0.2) is 5.69 Å². The maximum absolute atomic E-state index is 13.2. The van der Waals surface area contributed by atoms with Gasteiger partial charge in [0.2, 0.25) is 0 Å². The average Bonchev–Trinajstić information content (AvgIpc) is 2.88. The van der Waals surface area contributed by atoms with Gasteiger partial charge in [-0.1, -0.05) is 13.8 Å². The summed E-state index contributed by atoms with van der Waals surface area (Å²) in [5.41, 5.74) is 1.86. The molecule has 3 heterocycles. The van der Waals surface area contributed by atoms with Crippen LogP contribution in [-0.2, 0) is 24.8 Å². The Balaban J connectivity index is 1.82. The van der Waals surface area contributed by atoms with Crippen LogP contribution in [0, 0.1) is 11.8 Å². The molecule has 0 radical (unpaired) electrons. The van der Waals surface area contributed by atoms with Crippen molar-refractivity contribution in [2.75, 3.05) is 19.6 Å². The summed E-state index contributed by atoms with van der Waals surface area (Å²) in [6.07, 6.45) is 1.49. The maximum atomic E-state index is 13.2. The number of amides is 2. The second-order valence-corrected chi connectivity index (χ2v) is 9.21. The molecule has 7 heteroatoms. The highest BCUT2D eigenvalue weighted by atomic mass is 16.6. The van der Waals surface area contributed by atoms with E-state index in [-0.39, 0.29) is 12.0 Å². The molecule has 1 fully saturated rings. The molecule has 0 spiro atoms. The normalized spacial score (nSPS) is 23.2. The first-order valence-corrected chi connectivity index (χ1v) is 9.87. The summed E-state index contributed by atoms with van der Waals surface area (Å²) in [4.78, 5) is 29.3. The fraction of sp³-hybridized carbons (Fsp3) is 0.750. The van der Waals surface area contributed by atoms with Crippen LogP contribution in [0.15, 0.2) is 0 Å². The Morgan fingerprint density at radius 2 is 1.74 bits per heavy atom. The molecule has 2 aliphatic heterocycles. The molecule has 7 nitrogen and oxygen atoms in total. The Labute approximate surface area is 161 Å². The number of aryl methyl sites for hydroxylation is 1. The summed E-state index contributed by atoms with van der Waals surface area (Å²) in [6.45, 7) is 12.4. The highest BCUT2D eigenvalue weighted by Gasteiger charge is 2.34. The number of rotatable bonds is 1. The Morgan fingerprint density at radius 3 is 2.33 bits per heavy atom. The van der Waals surface area contributed by atoms with Gasteiger partial charge in [-0.3, -0.25) is 9.48 Å². The van der Waals surface area contributed by atoms with Crippen molar-refractivity contribution in [3.63, 3.8) is 0 Å². The fourth-order valence-electron chi connectivity index (χ4n) is 4.23. The van der Waals surface area contributed by atoms with Gasteiger partial charge in [-0.05, 0) is 39.0 Å². The first kappa shape index (κ1) is 19.7. The standard InChI is InChI=1S/C20H32N4O3/c1-13-9-14(2)11-24(10-13)18(25)17-15-12-23(19(26)27-20(3,4)5)8-7-16(15)22(6)21-17/h13-14H,7-12H2,1-6H3. The van der Waals surface area contributed by atoms with Crippen LogP contribution in [0.5, 0.6) is 0 Å². The minimum atomic E-state index is -0.537. The molecule has 0 bridgehead atoms. The predicted molar refractivity (Wildman–Crippen MR) is 102 cm³/mol. The predicted octanol–water partition coefficient (Wildman–Crippen LogP) is 2.83. The minimum Gasteiger partial charge on any atom is -0.444 e. The van der Waals surface area contributed by atoms with Crippen molar-refractivity contribution in [1.82, 2.24) is 19.6 Å². The van der Waals surface area contributed by atoms with E-state index < -0.39 is 5.60 Å². The number of ether oxygens (including phenoxy) is 1. The van der Waals surface area contributed by atoms with Crippen LogP contribution >= 0.6 is 0 Å². The van der Waals surface area contributed by atoms with Crippen LogP contribution in [0.1, 0.15) is 62.8 Å². The molecular weight excluding hydrogens is 344 g/mol. The van der Waals surface area contributed by atoms with Gasteiger partial charge >= 0.3 is 6.09 Å². The molecule has 2 atom stereocenters. The SMILES string of the molecule is CC1CC(C)CN(C(=O)c2nn(C)c3c2CN(C(=O)OC(C)(C)C)CC3)C1. The van der Waals surface area contributed by atoms with Crippen LogP contribution in [0.3, 0.4) is 0 Å². The molecule has 2 aliphatic rings. The number of piperidine rings is 1. The molecule has 150 valence electrons. The van der Waals surface area contributed by atoms with E-state index in [4.69, 9.17) is 4.74 Å². The van der Waals surface area contributed by atoms with Crippen molar-refractivity contribution >= 4 is 12.0 Å². The van der Waals surface area contributed by atoms with Crippen molar-refractivity contribution in [2.45, 2.75) is 59.6 Å². The number of fused-ring (bicyclic) bond motifs is 1. The van der Waals surface area contributed by atoms with Crippen LogP contribution in [0.2, 0.25) is 0 Å². The average molecular weight is 377 g/mol. The van der Waals surface area contributed by atoms with Crippen LogP contribution in [-0.4, -0.2) is 56.8 Å². The van der Waals surface area contributed by atoms with Gasteiger partial charge in [-0.25, -0.2) is 4.79 Å². The summed E-state index contributed by atoms with van der Waals surface area (Å²) in [5.74, 6) is 0.974. The highest BCUT2D eigenvalue weighted by molar-refractivity contribution is 5.94. The summed E-state index contributed by atoms with van der Waals surface area (Å²) < 4.78 is 7.31. The molecule has 0 saturated carbocycles. The summed E-state index contributed by atoms with van der Waals surface area (Å²) in [6, 6.07) is 0. The highest BCUT2D eigenvalue weighted by Crippen LogP contribution is 2.27. The van der Waals surface area contributed by atoms with Crippen molar-refractivity contribution in [1.29, 1.82) is 0 Å². The van der Waals surface area contributed by atoms with Gasteiger partial charge in [0.25, 0.3) is 5.91 Å². The number of carbonyl (C=O) groups is 2. The van der Waals surface area contributed by atoms with E-state index in [9.17, 15) is 9.59 Å². The van der Waals surface area contributed by atoms with Gasteiger partial charge < -0.3 is 14.5 Å². The number of likely N-dealkylation sites (tertiary alicyclic amines) is 1. The number of nitrogens with zero attached hydrogens (tertiary/aromatic N) is 4. The summed E-state index contributed by atoms with van der Waals surface area (Å²) >= 11 is 0. The molecule has 1 aromatic heterocycles. The second-order valence-electron chi connectivity index (χ2n) is 9.21. The van der Waals surface area contributed by atoms with E-state index >= 15 is 0 Å². The van der Waals surface area contributed by atoms with E-state index in [1.54, 1.807) is 9.58 Å². The zero-order chi connectivity index (χ0) is 19.9. The van der Waals surface area contributed by atoms with Crippen molar-refractivity contribution in [3.8, 4) is 0 Å². The van der Waals surface area contributed by atoms with Crippen LogP contribution in [0.4, 0.5) is 4.79 Å². The van der Waals surface area contributed by atoms with Crippen LogP contribution < -0.4 is 0 Å². The first-order chi connectivity index (χ1) is 12.5. The molecule has 0 aromatic carbocycles. The number of carbonyl (C=O) groups excluding carboxylic acids is 2. The lowest BCUT2D eigenvalue weighted by atomic mass is 9.91. The fourth-order valence-corrected chi connectivity index (χ4v) is 4.23. The quantitative estimate of drug-likeness (QED) is 0.756. The first-order valence-electron chi connectivity index (χ1n) is 9.87. The van der Waals surface area contributed by atoms with E-state index in [1.165, 1.54) is 0 Å². The molecule has 2 unspecified atom stereocenters. The number of hydrogen-bond donors (Lipinski definition) is 0. The second kappa shape index (κ2) is 7.17. The van der Waals surface area contributed by atoms with E-state index in [0.29, 0.717) is 37.0 Å². The largest absolute Gasteiger partial charge is 0.444 e. The lowest BCUT2D eigenvalue weighted by Gasteiger charge is -2.35. The van der Waals surface area contributed by atoms with E-state index in [1.807, 2.05) is 32.7 Å². The summed E-state index contributed by atoms with van der Waals surface area (Å²) in [5, 5.41) is 4.53. The van der Waals surface area contributed by atoms with Crippen LogP contribution in [0.25, 0.3) is 0 Å². The smallest absolute Gasteiger partial charge is 0.410 e. The van der Waals surface area contributed by atoms with Gasteiger partial charge in [-0.2, -0.15) is 5.10 Å². The zero-order valence-electron chi connectivity index (χ0n) is 17.4. The van der Waals surface area contributed by atoms with Crippen molar-refractivity contribution < 1.29 is 14.3 Å². The Hall–Kier alpha value is -2.05. The molecule has 0 aliphatic carbocycles. The van der Waals surface area contributed by atoms with E-state index in [0.717, 1.165) is 30.8 Å². The maximum Gasteiger partial charge on any atom is 0.410 e. The third-order valence-corrected chi connectivity index (χ3v) is 5.25. The lowest BCUT2D eigenvalue weighted by molar-refractivity contribution is 0.0220. The molecule has 3 rings (SSSR count). The summed E-state index contributed by atoms with van der Waals surface area (Å²) in [7, 11) is 1.88. The Bertz CT molecular complexity index is 724. The molecule has 2 amide bonds. The van der Waals surface area contributed by atoms with Crippen molar-refractivity contribution in [3.05, 3.63) is 17.0 Å². The molecular formula is C20H32N4O3. The molecule has 27 heavy (non-hydrogen) atoms. The third-order valence-electron chi connectivity index (χ3n) is 5.25. The third kappa shape index (κ3) is 4.28. The number of hydrogen-bond acceptors (Lipinski definition) is 4. The Kier molecular flexibility index (Phi) is 5.23. The monoisotopic (exact) mass is 376 g/mol. The Morgan fingerprint density at radius 1 is 1.11 bits per heavy atom. The lowest BCUT2D eigenvalue weighted by Crippen LogP contribution is -2.44. The van der Waals surface area contributed by atoms with Gasteiger partial charge in [-0.15, -0.1) is 0 Å². The van der Waals surface area contributed by atoms with E-state index in [2.05, 4.69) is 18.9 Å². The molecule has 1 saturated heterocycles. The topological polar surface area (TPSA) is 67.7 Å². The van der Waals surface area contributed by atoms with Gasteiger partial charge in [0, 0.05) is 44.4 Å². The number of aromatic nitrogens is 2. The molecule has 1 aromatic rings. The van der Waals surface area contributed by atoms with Gasteiger partial charge in [0.1, 0.15) is 5.60 Å². The zero-order valence-corrected chi connectivity index (χ0v) is 17.4. The molecule has 0 N–H and O–H groups in total. The van der Waals surface area contributed by atoms with Crippen molar-refractivity contribution in [2.24, 2.45) is 18.9 Å². The van der Waals surface area contributed by atoms with Gasteiger partial charge in [0.05, 0.1) is 6.54 Å². The minimum absolute atomic E-state index is 0.0173.